The maximum atomic E-state index is 2.67. The van der Waals surface area contributed by atoms with Crippen molar-refractivity contribution in [3.63, 3.8) is 0 Å². The first-order valence-electron chi connectivity index (χ1n) is 12.9. The Balaban J connectivity index is 1.49. The number of fused-ring (bicyclic) bond motifs is 2. The molecule has 0 saturated heterocycles. The molecule has 0 aromatic heterocycles. The Morgan fingerprint density at radius 3 is 1.81 bits per heavy atom. The topological polar surface area (TPSA) is 0 Å². The van der Waals surface area contributed by atoms with E-state index in [2.05, 4.69) is 130 Å². The zero-order chi connectivity index (χ0) is 25.0. The third kappa shape index (κ3) is 3.65. The Kier molecular flexibility index (Phi) is 6.02. The van der Waals surface area contributed by atoms with Gasteiger partial charge in [-0.05, 0) is 0 Å². The van der Waals surface area contributed by atoms with Crippen molar-refractivity contribution < 1.29 is 23.9 Å². The third-order valence-corrected chi connectivity index (χ3v) is 16.6. The number of hydrogen-bond acceptors (Lipinski definition) is 0. The molecule has 0 fully saturated rings. The summed E-state index contributed by atoms with van der Waals surface area (Å²) in [5, 5.41) is -1.79. The van der Waals surface area contributed by atoms with Crippen molar-refractivity contribution in [2.75, 3.05) is 0 Å². The van der Waals surface area contributed by atoms with Gasteiger partial charge in [0.25, 0.3) is 0 Å². The van der Waals surface area contributed by atoms with Gasteiger partial charge in [-0.1, -0.05) is 0 Å². The van der Waals surface area contributed by atoms with Crippen LogP contribution >= 0.6 is 0 Å². The first-order valence-corrected chi connectivity index (χ1v) is 19.2. The van der Waals surface area contributed by atoms with Crippen molar-refractivity contribution in [1.82, 2.24) is 0 Å². The van der Waals surface area contributed by atoms with Gasteiger partial charge in [-0.25, -0.2) is 0 Å². The summed E-state index contributed by atoms with van der Waals surface area (Å²) in [5.74, 6) is 0. The van der Waals surface area contributed by atoms with Crippen molar-refractivity contribution in [2.24, 2.45) is 0 Å². The summed E-state index contributed by atoms with van der Waals surface area (Å²) in [5.41, 5.74) is 17.2. The van der Waals surface area contributed by atoms with E-state index in [9.17, 15) is 0 Å². The fourth-order valence-corrected chi connectivity index (χ4v) is 16.7. The summed E-state index contributed by atoms with van der Waals surface area (Å²) in [7, 11) is 0. The van der Waals surface area contributed by atoms with Gasteiger partial charge in [-0.2, -0.15) is 0 Å². The van der Waals surface area contributed by atoms with Crippen molar-refractivity contribution in [1.29, 1.82) is 0 Å². The van der Waals surface area contributed by atoms with Crippen LogP contribution < -0.4 is 0 Å². The molecular formula is C34H31SiZr. The Bertz CT molecular complexity index is 1530. The molecule has 0 nitrogen and oxygen atoms in total. The molecule has 2 aliphatic carbocycles. The molecule has 0 saturated carbocycles. The predicted molar refractivity (Wildman–Crippen MR) is 153 cm³/mol. The van der Waals surface area contributed by atoms with Crippen LogP contribution in [0.1, 0.15) is 54.1 Å². The van der Waals surface area contributed by atoms with Gasteiger partial charge in [0, 0.05) is 0 Å². The summed E-state index contributed by atoms with van der Waals surface area (Å²) in [6.45, 7) is 9.83. The van der Waals surface area contributed by atoms with Gasteiger partial charge >= 0.3 is 232 Å². The standard InChI is InChI=1S/C34H31Si.Zr/c1-22-21-31-27(25-13-7-5-8-14-25)17-11-19-29(31)33(22)35(4)34-24(3)23(2)32-28(18-12-20-30(32)34)26-15-9-6-10-16-26;/h5-21,33-34H,1-4H3;. The second-order valence-corrected chi connectivity index (χ2v) is 22.3. The maximum absolute atomic E-state index is 2.67. The molecule has 2 aliphatic rings. The normalized spacial score (nSPS) is 20.0. The molecule has 6 rings (SSSR count). The first kappa shape index (κ1) is 23.8. The molecule has 175 valence electrons. The van der Waals surface area contributed by atoms with E-state index in [-0.39, 0.29) is 0 Å². The average Bonchev–Trinajstić information content (AvgIpc) is 3.38. The molecule has 0 aliphatic heterocycles. The van der Waals surface area contributed by atoms with Crippen molar-refractivity contribution in [3.8, 4) is 22.3 Å². The molecule has 0 N–H and O–H groups in total. The van der Waals surface area contributed by atoms with Gasteiger partial charge in [0.2, 0.25) is 0 Å². The molecule has 4 aromatic carbocycles. The van der Waals surface area contributed by atoms with Crippen LogP contribution in [0.25, 0.3) is 33.9 Å². The van der Waals surface area contributed by atoms with Crippen molar-refractivity contribution in [2.45, 2.75) is 38.4 Å². The van der Waals surface area contributed by atoms with Crippen LogP contribution in [0.2, 0.25) is 6.55 Å². The van der Waals surface area contributed by atoms with Crippen LogP contribution in [0, 0.1) is 0 Å². The predicted octanol–water partition coefficient (Wildman–Crippen LogP) is 9.31. The van der Waals surface area contributed by atoms with E-state index in [1.54, 1.807) is 46.2 Å². The van der Waals surface area contributed by atoms with E-state index < -0.39 is 5.20 Å². The van der Waals surface area contributed by atoms with E-state index in [1.807, 2.05) is 0 Å². The number of rotatable bonds is 4. The number of hydrogen-bond donors (Lipinski definition) is 0. The molecule has 4 aromatic rings. The van der Waals surface area contributed by atoms with Crippen molar-refractivity contribution >= 4 is 16.8 Å². The summed E-state index contributed by atoms with van der Waals surface area (Å²) in [6, 6.07) is 35.9. The van der Waals surface area contributed by atoms with Gasteiger partial charge in [0.1, 0.15) is 0 Å². The molecule has 3 unspecified atom stereocenters. The van der Waals surface area contributed by atoms with E-state index in [4.69, 9.17) is 0 Å². The Morgan fingerprint density at radius 1 is 0.611 bits per heavy atom. The molecule has 2 heteroatoms. The summed E-state index contributed by atoms with van der Waals surface area (Å²) >= 11 is 1.73. The molecule has 0 heterocycles. The van der Waals surface area contributed by atoms with Crippen LogP contribution in [-0.2, 0) is 23.9 Å². The fraction of sp³-hybridized carbons (Fsp3) is 0.176. The van der Waals surface area contributed by atoms with E-state index in [0.29, 0.717) is 11.1 Å². The Morgan fingerprint density at radius 2 is 1.17 bits per heavy atom. The van der Waals surface area contributed by atoms with E-state index in [1.165, 1.54) is 39.0 Å². The summed E-state index contributed by atoms with van der Waals surface area (Å²) in [6.07, 6.45) is 2.50. The second kappa shape index (κ2) is 9.09. The van der Waals surface area contributed by atoms with E-state index in [0.717, 1.165) is 0 Å². The van der Waals surface area contributed by atoms with Gasteiger partial charge in [-0.3, -0.25) is 0 Å². The average molecular weight is 559 g/mol. The second-order valence-electron chi connectivity index (χ2n) is 10.7. The minimum absolute atomic E-state index is 0.549. The van der Waals surface area contributed by atoms with Crippen LogP contribution in [0.4, 0.5) is 0 Å². The number of benzene rings is 4. The first-order chi connectivity index (χ1) is 17.4. The summed E-state index contributed by atoms with van der Waals surface area (Å²) < 4.78 is 0. The molecule has 0 spiro atoms. The van der Waals surface area contributed by atoms with Crippen LogP contribution in [-0.4, -0.2) is 5.20 Å². The molecule has 3 atom stereocenters. The van der Waals surface area contributed by atoms with Gasteiger partial charge in [0.15, 0.2) is 0 Å². The summed E-state index contributed by atoms with van der Waals surface area (Å²) in [4.78, 5) is 0. The fourth-order valence-electron chi connectivity index (χ4n) is 6.89. The van der Waals surface area contributed by atoms with Gasteiger partial charge in [0.05, 0.1) is 0 Å². The van der Waals surface area contributed by atoms with Crippen LogP contribution in [0.3, 0.4) is 0 Å². The van der Waals surface area contributed by atoms with Crippen molar-refractivity contribution in [3.05, 3.63) is 130 Å². The molecule has 0 radical (unpaired) electrons. The monoisotopic (exact) mass is 557 g/mol. The minimum atomic E-state index is -1.79. The van der Waals surface area contributed by atoms with E-state index >= 15 is 0 Å². The van der Waals surface area contributed by atoms with Gasteiger partial charge in [-0.15, -0.1) is 0 Å². The zero-order valence-electron chi connectivity index (χ0n) is 21.5. The Hall–Kier alpha value is -2.54. The quantitative estimate of drug-likeness (QED) is 0.219. The molecule has 0 amide bonds. The number of allylic oxidation sites excluding steroid dienone is 3. The molecular weight excluding hydrogens is 528 g/mol. The van der Waals surface area contributed by atoms with Crippen LogP contribution in [0.5, 0.6) is 0 Å². The zero-order valence-corrected chi connectivity index (χ0v) is 24.9. The molecule has 0 bridgehead atoms. The third-order valence-electron chi connectivity index (χ3n) is 8.45. The Labute approximate surface area is 230 Å². The molecule has 36 heavy (non-hydrogen) atoms. The SMILES string of the molecule is CC1=Cc2c(-c3ccccc3)cccc2C1[Si](C)([Zr])C1C(C)=C(C)c2c(-c3ccccc3)cccc21. The van der Waals surface area contributed by atoms with Gasteiger partial charge < -0.3 is 0 Å². The van der Waals surface area contributed by atoms with Crippen LogP contribution in [0.15, 0.2) is 108 Å².